The van der Waals surface area contributed by atoms with Crippen molar-refractivity contribution >= 4 is 87.6 Å². The molecule has 0 saturated heterocycles. The first-order valence-electron chi connectivity index (χ1n) is 26.2. The Bertz CT molecular complexity index is 4110. The second kappa shape index (κ2) is 15.9. The Hall–Kier alpha value is -8.18. The quantitative estimate of drug-likeness (QED) is 0.151. The molecule has 5 atom stereocenters. The average Bonchev–Trinajstić information content (AvgIpc) is 4.17. The lowest BCUT2D eigenvalue weighted by atomic mass is 9.37. The van der Waals surface area contributed by atoms with Crippen molar-refractivity contribution in [3.8, 4) is 33.4 Å². The van der Waals surface area contributed by atoms with Gasteiger partial charge in [-0.25, -0.2) is 0 Å². The van der Waals surface area contributed by atoms with Gasteiger partial charge in [-0.1, -0.05) is 158 Å². The Kier molecular flexibility index (Phi) is 9.03. The largest absolute Gasteiger partial charge is 0.455 e. The van der Waals surface area contributed by atoms with E-state index in [0.717, 1.165) is 45.2 Å². The van der Waals surface area contributed by atoms with Gasteiger partial charge in [0.25, 0.3) is 0 Å². The lowest BCUT2D eigenvalue weighted by molar-refractivity contribution is -0.144. The van der Waals surface area contributed by atoms with Crippen LogP contribution in [0, 0.1) is 17.3 Å². The summed E-state index contributed by atoms with van der Waals surface area (Å²) in [6.45, 7) is 0. The molecule has 16 rings (SSSR count). The number of rotatable bonds is 8. The zero-order valence-electron chi connectivity index (χ0n) is 40.3. The van der Waals surface area contributed by atoms with Gasteiger partial charge < -0.3 is 14.2 Å². The van der Waals surface area contributed by atoms with E-state index in [1.54, 1.807) is 0 Å². The van der Waals surface area contributed by atoms with Gasteiger partial charge in [0.05, 0.1) is 16.8 Å². The summed E-state index contributed by atoms with van der Waals surface area (Å²) in [6.07, 6.45) is 5.05. The summed E-state index contributed by atoms with van der Waals surface area (Å²) < 4.78 is 10.2. The second-order valence-electron chi connectivity index (χ2n) is 21.2. The zero-order valence-corrected chi connectivity index (χ0v) is 41.1. The minimum absolute atomic E-state index is 0.309. The molecule has 3 fully saturated rings. The first-order chi connectivity index (χ1) is 36.2. The zero-order chi connectivity index (χ0) is 47.8. The van der Waals surface area contributed by atoms with Crippen molar-refractivity contribution in [1.82, 2.24) is 0 Å². The minimum Gasteiger partial charge on any atom is -0.455 e. The van der Waals surface area contributed by atoms with Gasteiger partial charge >= 0.3 is 0 Å². The molecule has 1 spiro atoms. The van der Waals surface area contributed by atoms with E-state index in [2.05, 4.69) is 240 Å². The van der Waals surface area contributed by atoms with Gasteiger partial charge in [0.15, 0.2) is 0 Å². The Morgan fingerprint density at radius 2 is 0.918 bits per heavy atom. The van der Waals surface area contributed by atoms with E-state index in [1.807, 2.05) is 11.3 Å². The maximum Gasteiger partial charge on any atom is 0.145 e. The number of thiophene rings is 1. The van der Waals surface area contributed by atoms with E-state index in [0.29, 0.717) is 23.2 Å². The highest BCUT2D eigenvalue weighted by Gasteiger charge is 2.70. The monoisotopic (exact) mass is 954 g/mol. The molecule has 12 aromatic rings. The van der Waals surface area contributed by atoms with Crippen molar-refractivity contribution in [3.63, 3.8) is 0 Å². The molecule has 0 aliphatic heterocycles. The molecule has 2 aromatic heterocycles. The summed E-state index contributed by atoms with van der Waals surface area (Å²) >= 11 is 1.98. The first-order valence-corrected chi connectivity index (χ1v) is 27.0. The molecule has 4 aliphatic carbocycles. The molecule has 5 unspecified atom stereocenters. The smallest absolute Gasteiger partial charge is 0.145 e. The van der Waals surface area contributed by atoms with Crippen LogP contribution in [0.5, 0.6) is 0 Å². The average molecular weight is 955 g/mol. The third-order valence-corrected chi connectivity index (χ3v) is 19.0. The fraction of sp³-hybridized carbons (Fsp3) is 0.130. The van der Waals surface area contributed by atoms with E-state index < -0.39 is 0 Å². The third-order valence-electron chi connectivity index (χ3n) is 17.8. The van der Waals surface area contributed by atoms with Crippen molar-refractivity contribution in [2.75, 3.05) is 9.80 Å². The van der Waals surface area contributed by atoms with E-state index in [1.165, 1.54) is 107 Å². The lowest BCUT2D eigenvalue weighted by Crippen LogP contribution is -2.59. The van der Waals surface area contributed by atoms with Crippen LogP contribution in [-0.4, -0.2) is 0 Å². The van der Waals surface area contributed by atoms with Gasteiger partial charge in [-0.05, 0) is 161 Å². The van der Waals surface area contributed by atoms with Crippen LogP contribution in [0.2, 0.25) is 0 Å². The number of hydrogen-bond acceptors (Lipinski definition) is 4. The normalized spacial score (nSPS) is 20.2. The van der Waals surface area contributed by atoms with Gasteiger partial charge in [0.1, 0.15) is 11.2 Å². The molecule has 4 heteroatoms. The molecule has 3 saturated carbocycles. The highest BCUT2D eigenvalue weighted by molar-refractivity contribution is 7.26. The molecule has 0 amide bonds. The van der Waals surface area contributed by atoms with Crippen LogP contribution >= 0.6 is 11.3 Å². The Labute approximate surface area is 429 Å². The molecule has 348 valence electrons. The van der Waals surface area contributed by atoms with Crippen molar-refractivity contribution in [2.45, 2.75) is 37.5 Å². The van der Waals surface area contributed by atoms with Gasteiger partial charge in [0.2, 0.25) is 0 Å². The van der Waals surface area contributed by atoms with Crippen molar-refractivity contribution in [2.24, 2.45) is 17.3 Å². The Morgan fingerprint density at radius 3 is 1.53 bits per heavy atom. The van der Waals surface area contributed by atoms with Crippen LogP contribution in [-0.2, 0) is 0 Å². The van der Waals surface area contributed by atoms with E-state index in [4.69, 9.17) is 4.42 Å². The summed E-state index contributed by atoms with van der Waals surface area (Å²) in [4.78, 5) is 5.06. The van der Waals surface area contributed by atoms with Crippen LogP contribution in [0.25, 0.3) is 75.5 Å². The highest BCUT2D eigenvalue weighted by Crippen LogP contribution is 2.81. The fourth-order valence-corrected chi connectivity index (χ4v) is 15.9. The van der Waals surface area contributed by atoms with Crippen molar-refractivity contribution < 1.29 is 4.42 Å². The second-order valence-corrected chi connectivity index (χ2v) is 22.2. The molecule has 4 aliphatic rings. The van der Waals surface area contributed by atoms with Crippen LogP contribution < -0.4 is 9.80 Å². The van der Waals surface area contributed by atoms with Crippen LogP contribution in [0.4, 0.5) is 34.1 Å². The van der Waals surface area contributed by atoms with E-state index in [9.17, 15) is 0 Å². The number of anilines is 6. The number of benzene rings is 10. The van der Waals surface area contributed by atoms with Crippen LogP contribution in [0.3, 0.4) is 0 Å². The first kappa shape index (κ1) is 41.4. The summed E-state index contributed by atoms with van der Waals surface area (Å²) in [5.41, 5.74) is 19.8. The number of furan rings is 1. The fourth-order valence-electron chi connectivity index (χ4n) is 14.6. The van der Waals surface area contributed by atoms with Gasteiger partial charge in [-0.3, -0.25) is 0 Å². The van der Waals surface area contributed by atoms with E-state index in [-0.39, 0.29) is 0 Å². The van der Waals surface area contributed by atoms with Gasteiger partial charge in [0, 0.05) is 59.4 Å². The molecule has 2 heterocycles. The highest BCUT2D eigenvalue weighted by atomic mass is 32.1. The third kappa shape index (κ3) is 6.05. The molecule has 0 N–H and O–H groups in total. The molecule has 2 bridgehead atoms. The maximum atomic E-state index is 7.52. The number of para-hydroxylation sites is 3. The van der Waals surface area contributed by atoms with Crippen molar-refractivity contribution in [3.05, 3.63) is 242 Å². The predicted molar refractivity (Wildman–Crippen MR) is 306 cm³/mol. The van der Waals surface area contributed by atoms with Gasteiger partial charge in [-0.2, -0.15) is 0 Å². The molecule has 73 heavy (non-hydrogen) atoms. The molecule has 0 radical (unpaired) electrons. The van der Waals surface area contributed by atoms with Crippen LogP contribution in [0.1, 0.15) is 48.6 Å². The van der Waals surface area contributed by atoms with Gasteiger partial charge in [-0.15, -0.1) is 11.3 Å². The standard InChI is InChI=1S/C69H50N2OS/c1-5-17-43(18-6-1)45-29-33-52(34-30-45)70(50-21-9-3-10-22-50)59-40-56-47-37-48-38-49-39-58(69(48,49)42-47)57-41-60(71(51-23-11-4-12-24-51)53-35-31-46(32-36-53)44-19-7-2-8-20-44)64-55-26-14-16-28-62(55)73-68(64)66(57)65(56)67-63(59)54-25-13-15-27-61(54)72-67/h1-36,40-41,47-49,58H,37-39,42H2. The number of fused-ring (bicyclic) bond motifs is 14. The molecular weight excluding hydrogens is 905 g/mol. The Morgan fingerprint density at radius 1 is 0.425 bits per heavy atom. The van der Waals surface area contributed by atoms with Crippen molar-refractivity contribution in [1.29, 1.82) is 0 Å². The number of hydrogen-bond donors (Lipinski definition) is 0. The van der Waals surface area contributed by atoms with Crippen LogP contribution in [0.15, 0.2) is 235 Å². The predicted octanol–water partition coefficient (Wildman–Crippen LogP) is 19.9. The summed E-state index contributed by atoms with van der Waals surface area (Å²) in [7, 11) is 0. The number of nitrogens with zero attached hydrogens (tertiary/aromatic N) is 2. The molecule has 10 aromatic carbocycles. The molecule has 3 nitrogen and oxygen atoms in total. The molecular formula is C69H50N2OS. The van der Waals surface area contributed by atoms with E-state index >= 15 is 0 Å². The lowest BCUT2D eigenvalue weighted by Gasteiger charge is -2.67. The minimum atomic E-state index is 0.309. The SMILES string of the molecule is c1ccc(-c2ccc(N(c3ccccc3)c3cc4c(c5oc6ccccc6c35)-c3c(cc(N(c5ccccc5)c5ccc(-c6ccccc6)cc5)c5c3sc3ccccc35)C3CC5CC6CC4CC653)cc2)cc1. The topological polar surface area (TPSA) is 19.6 Å². The Balaban J connectivity index is 1.00. The maximum absolute atomic E-state index is 7.52. The summed E-state index contributed by atoms with van der Waals surface area (Å²) in [5.74, 6) is 2.38. The summed E-state index contributed by atoms with van der Waals surface area (Å²) in [5, 5.41) is 4.92. The summed E-state index contributed by atoms with van der Waals surface area (Å²) in [6, 6.07) is 85.2.